The van der Waals surface area contributed by atoms with E-state index in [0.29, 0.717) is 0 Å². The Morgan fingerprint density at radius 3 is 2.43 bits per heavy atom. The van der Waals surface area contributed by atoms with Crippen molar-refractivity contribution >= 4 is 0 Å². The van der Waals surface area contributed by atoms with Crippen molar-refractivity contribution in [2.45, 2.75) is 27.2 Å². The summed E-state index contributed by atoms with van der Waals surface area (Å²) in [6.07, 6.45) is 0.815. The summed E-state index contributed by atoms with van der Waals surface area (Å²) in [5.41, 5.74) is 1.19. The van der Waals surface area contributed by atoms with E-state index in [0.717, 1.165) is 12.0 Å². The maximum absolute atomic E-state index is 13.2. The first-order valence-corrected chi connectivity index (χ1v) is 4.61. The van der Waals surface area contributed by atoms with Crippen molar-refractivity contribution < 1.29 is 4.39 Å². The van der Waals surface area contributed by atoms with Gasteiger partial charge in [0.2, 0.25) is 0 Å². The monoisotopic (exact) mass is 191 g/mol. The van der Waals surface area contributed by atoms with Crippen molar-refractivity contribution in [1.82, 2.24) is 0 Å². The summed E-state index contributed by atoms with van der Waals surface area (Å²) in [5, 5.41) is 8.55. The van der Waals surface area contributed by atoms with Crippen molar-refractivity contribution in [1.29, 1.82) is 5.26 Å². The van der Waals surface area contributed by atoms with Gasteiger partial charge in [0, 0.05) is 0 Å². The van der Waals surface area contributed by atoms with Crippen molar-refractivity contribution in [2.24, 2.45) is 5.41 Å². The van der Waals surface area contributed by atoms with E-state index in [-0.39, 0.29) is 11.0 Å². The summed E-state index contributed by atoms with van der Waals surface area (Å²) in [6.45, 7) is 6.30. The molecule has 1 aromatic carbocycles. The van der Waals surface area contributed by atoms with Crippen LogP contribution in [-0.2, 0) is 6.42 Å². The zero-order valence-corrected chi connectivity index (χ0v) is 8.76. The van der Waals surface area contributed by atoms with E-state index >= 15 is 0 Å². The summed E-state index contributed by atoms with van der Waals surface area (Å²) in [7, 11) is 0. The lowest BCUT2D eigenvalue weighted by atomic mass is 9.88. The van der Waals surface area contributed by atoms with Gasteiger partial charge in [-0.05, 0) is 29.5 Å². The van der Waals surface area contributed by atoms with E-state index in [4.69, 9.17) is 5.26 Å². The fourth-order valence-corrected chi connectivity index (χ4v) is 1.37. The molecule has 0 bridgehead atoms. The Morgan fingerprint density at radius 2 is 2.00 bits per heavy atom. The number of nitrogens with zero attached hydrogens (tertiary/aromatic N) is 1. The predicted molar refractivity (Wildman–Crippen MR) is 54.3 cm³/mol. The lowest BCUT2D eigenvalue weighted by molar-refractivity contribution is 0.410. The fraction of sp³-hybridized carbons (Fsp3) is 0.417. The second-order valence-corrected chi connectivity index (χ2v) is 4.66. The Labute approximate surface area is 84.2 Å². The second kappa shape index (κ2) is 3.79. The lowest BCUT2D eigenvalue weighted by Crippen LogP contribution is -2.09. The van der Waals surface area contributed by atoms with E-state index in [1.807, 2.05) is 12.1 Å². The van der Waals surface area contributed by atoms with Crippen LogP contribution in [0.3, 0.4) is 0 Å². The smallest absolute Gasteiger partial charge is 0.141 e. The van der Waals surface area contributed by atoms with E-state index in [1.54, 1.807) is 0 Å². The van der Waals surface area contributed by atoms with Crippen LogP contribution in [0.5, 0.6) is 0 Å². The van der Waals surface area contributed by atoms with E-state index in [1.165, 1.54) is 12.1 Å². The molecule has 0 heterocycles. The number of benzene rings is 1. The minimum atomic E-state index is -0.422. The molecule has 0 amide bonds. The van der Waals surface area contributed by atoms with E-state index in [2.05, 4.69) is 20.8 Å². The molecule has 14 heavy (non-hydrogen) atoms. The summed E-state index contributed by atoms with van der Waals surface area (Å²) < 4.78 is 13.2. The number of halogens is 1. The van der Waals surface area contributed by atoms with Crippen LogP contribution in [0.1, 0.15) is 31.9 Å². The van der Waals surface area contributed by atoms with E-state index in [9.17, 15) is 4.39 Å². The summed E-state index contributed by atoms with van der Waals surface area (Å²) in [6, 6.07) is 6.61. The molecule has 0 N–H and O–H groups in total. The van der Waals surface area contributed by atoms with Crippen molar-refractivity contribution in [3.8, 4) is 6.07 Å². The summed E-state index contributed by atoms with van der Waals surface area (Å²) in [4.78, 5) is 0. The van der Waals surface area contributed by atoms with Crippen LogP contribution in [0, 0.1) is 22.6 Å². The molecular weight excluding hydrogens is 177 g/mol. The molecule has 0 atom stereocenters. The molecule has 0 unspecified atom stereocenters. The zero-order chi connectivity index (χ0) is 10.8. The molecule has 0 spiro atoms. The Balaban J connectivity index is 2.94. The summed E-state index contributed by atoms with van der Waals surface area (Å²) in [5.74, 6) is -0.422. The van der Waals surface area contributed by atoms with Crippen molar-refractivity contribution in [3.63, 3.8) is 0 Å². The van der Waals surface area contributed by atoms with Gasteiger partial charge in [0.05, 0.1) is 5.56 Å². The van der Waals surface area contributed by atoms with Gasteiger partial charge in [-0.15, -0.1) is 0 Å². The first-order chi connectivity index (χ1) is 6.42. The predicted octanol–water partition coefficient (Wildman–Crippen LogP) is 3.29. The first-order valence-electron chi connectivity index (χ1n) is 4.61. The molecule has 0 saturated heterocycles. The van der Waals surface area contributed by atoms with Crippen LogP contribution in [0.2, 0.25) is 0 Å². The number of hydrogen-bond acceptors (Lipinski definition) is 1. The first kappa shape index (κ1) is 10.7. The topological polar surface area (TPSA) is 23.8 Å². The van der Waals surface area contributed by atoms with Crippen molar-refractivity contribution in [3.05, 3.63) is 35.1 Å². The van der Waals surface area contributed by atoms with Crippen LogP contribution >= 0.6 is 0 Å². The van der Waals surface area contributed by atoms with Gasteiger partial charge in [-0.3, -0.25) is 0 Å². The maximum atomic E-state index is 13.2. The molecule has 0 aliphatic carbocycles. The third kappa shape index (κ3) is 2.85. The Kier molecular flexibility index (Phi) is 2.90. The fourth-order valence-electron chi connectivity index (χ4n) is 1.37. The highest BCUT2D eigenvalue weighted by atomic mass is 19.1. The normalized spacial score (nSPS) is 11.1. The molecule has 0 saturated carbocycles. The molecule has 0 fully saturated rings. The molecule has 0 aromatic heterocycles. The average Bonchev–Trinajstić information content (AvgIpc) is 2.01. The Hall–Kier alpha value is -1.36. The van der Waals surface area contributed by atoms with Crippen LogP contribution in [0.4, 0.5) is 4.39 Å². The molecule has 1 nitrogen and oxygen atoms in total. The van der Waals surface area contributed by atoms with Crippen molar-refractivity contribution in [2.75, 3.05) is 0 Å². The van der Waals surface area contributed by atoms with Gasteiger partial charge >= 0.3 is 0 Å². The Morgan fingerprint density at radius 1 is 1.36 bits per heavy atom. The number of rotatable bonds is 1. The minimum Gasteiger partial charge on any atom is -0.206 e. The van der Waals surface area contributed by atoms with Gasteiger partial charge in [-0.2, -0.15) is 5.26 Å². The standard InChI is InChI=1S/C12H14FN/c1-12(2,3)7-9-4-5-10(8-14)11(13)6-9/h4-6H,7H2,1-3H3. The Bertz CT molecular complexity index is 369. The molecule has 74 valence electrons. The summed E-state index contributed by atoms with van der Waals surface area (Å²) >= 11 is 0. The minimum absolute atomic E-state index is 0.114. The highest BCUT2D eigenvalue weighted by Gasteiger charge is 2.12. The molecular formula is C12H14FN. The average molecular weight is 191 g/mol. The number of hydrogen-bond donors (Lipinski definition) is 0. The largest absolute Gasteiger partial charge is 0.206 e. The molecule has 1 aromatic rings. The number of nitriles is 1. The molecule has 0 aliphatic rings. The third-order valence-electron chi connectivity index (χ3n) is 1.89. The van der Waals surface area contributed by atoms with E-state index < -0.39 is 5.82 Å². The molecule has 0 aliphatic heterocycles. The third-order valence-corrected chi connectivity index (χ3v) is 1.89. The van der Waals surface area contributed by atoms with Gasteiger partial charge in [0.1, 0.15) is 11.9 Å². The van der Waals surface area contributed by atoms with Gasteiger partial charge in [-0.1, -0.05) is 26.8 Å². The zero-order valence-electron chi connectivity index (χ0n) is 8.76. The quantitative estimate of drug-likeness (QED) is 0.668. The molecule has 1 rings (SSSR count). The second-order valence-electron chi connectivity index (χ2n) is 4.66. The van der Waals surface area contributed by atoms with Gasteiger partial charge in [0.15, 0.2) is 0 Å². The van der Waals surface area contributed by atoms with Gasteiger partial charge in [-0.25, -0.2) is 4.39 Å². The van der Waals surface area contributed by atoms with Crippen LogP contribution < -0.4 is 0 Å². The van der Waals surface area contributed by atoms with Crippen LogP contribution in [0.25, 0.3) is 0 Å². The van der Waals surface area contributed by atoms with Crippen LogP contribution in [0.15, 0.2) is 18.2 Å². The van der Waals surface area contributed by atoms with Gasteiger partial charge < -0.3 is 0 Å². The SMILES string of the molecule is CC(C)(C)Cc1ccc(C#N)c(F)c1. The lowest BCUT2D eigenvalue weighted by Gasteiger charge is -2.17. The molecule has 0 radical (unpaired) electrons. The molecule has 2 heteroatoms. The highest BCUT2D eigenvalue weighted by Crippen LogP contribution is 2.21. The highest BCUT2D eigenvalue weighted by molar-refractivity contribution is 5.33. The maximum Gasteiger partial charge on any atom is 0.141 e. The van der Waals surface area contributed by atoms with Gasteiger partial charge in [0.25, 0.3) is 0 Å². The van der Waals surface area contributed by atoms with Crippen LogP contribution in [-0.4, -0.2) is 0 Å².